The fraction of sp³-hybridized carbons (Fsp3) is 0.235. The van der Waals surface area contributed by atoms with E-state index in [1.54, 1.807) is 12.1 Å². The molecule has 0 aliphatic rings. The average molecular weight is 320 g/mol. The molecule has 0 spiro atoms. The van der Waals surface area contributed by atoms with E-state index in [4.69, 9.17) is 0 Å². The number of halogens is 2. The number of rotatable bonds is 7. The van der Waals surface area contributed by atoms with Crippen LogP contribution in [0.5, 0.6) is 5.75 Å². The molecule has 1 amide bonds. The van der Waals surface area contributed by atoms with Crippen LogP contribution in [0.3, 0.4) is 0 Å². The summed E-state index contributed by atoms with van der Waals surface area (Å²) in [6.45, 7) is -2.06. The maximum Gasteiger partial charge on any atom is 0.387 e. The van der Waals surface area contributed by atoms with Crippen LogP contribution in [0.2, 0.25) is 0 Å². The predicted molar refractivity (Wildman–Crippen MR) is 84.5 cm³/mol. The van der Waals surface area contributed by atoms with Crippen molar-refractivity contribution in [3.05, 3.63) is 60.2 Å². The van der Waals surface area contributed by atoms with E-state index in [9.17, 15) is 13.6 Å². The molecule has 0 aliphatic heterocycles. The van der Waals surface area contributed by atoms with E-state index in [-0.39, 0.29) is 18.2 Å². The zero-order valence-corrected chi connectivity index (χ0v) is 12.7. The Kier molecular flexibility index (Phi) is 6.05. The number of hydrogen-bond acceptors (Lipinski definition) is 3. The summed E-state index contributed by atoms with van der Waals surface area (Å²) in [5.74, 6) is -0.215. The maximum absolute atomic E-state index is 12.2. The minimum absolute atomic E-state index is 0.00967. The number of carbonyl (C=O) groups is 1. The smallest absolute Gasteiger partial charge is 0.387 e. The summed E-state index contributed by atoms with van der Waals surface area (Å²) in [6.07, 6.45) is 0. The van der Waals surface area contributed by atoms with Crippen molar-refractivity contribution in [2.75, 3.05) is 18.9 Å². The fourth-order valence-electron chi connectivity index (χ4n) is 2.15. The first-order chi connectivity index (χ1) is 11.0. The number of anilines is 1. The van der Waals surface area contributed by atoms with Gasteiger partial charge in [0.25, 0.3) is 0 Å². The Balaban J connectivity index is 1.86. The van der Waals surface area contributed by atoms with Crippen molar-refractivity contribution < 1.29 is 18.3 Å². The van der Waals surface area contributed by atoms with Gasteiger partial charge in [0.15, 0.2) is 0 Å². The highest BCUT2D eigenvalue weighted by Crippen LogP contribution is 2.19. The van der Waals surface area contributed by atoms with Crippen molar-refractivity contribution in [2.24, 2.45) is 0 Å². The first-order valence-corrected chi connectivity index (χ1v) is 7.10. The van der Waals surface area contributed by atoms with Crippen molar-refractivity contribution in [1.82, 2.24) is 4.90 Å². The van der Waals surface area contributed by atoms with E-state index >= 15 is 0 Å². The predicted octanol–water partition coefficient (Wildman–Crippen LogP) is 3.36. The van der Waals surface area contributed by atoms with Crippen LogP contribution < -0.4 is 10.1 Å². The zero-order valence-electron chi connectivity index (χ0n) is 12.7. The van der Waals surface area contributed by atoms with E-state index in [2.05, 4.69) is 10.1 Å². The molecule has 1 N–H and O–H groups in total. The van der Waals surface area contributed by atoms with Crippen molar-refractivity contribution in [3.8, 4) is 5.75 Å². The lowest BCUT2D eigenvalue weighted by atomic mass is 10.2. The van der Waals surface area contributed by atoms with E-state index in [0.29, 0.717) is 12.2 Å². The highest BCUT2D eigenvalue weighted by Gasteiger charge is 2.09. The molecule has 0 aromatic heterocycles. The number of nitrogens with zero attached hydrogens (tertiary/aromatic N) is 1. The summed E-state index contributed by atoms with van der Waals surface area (Å²) in [7, 11) is 1.84. The number of likely N-dealkylation sites (N-methyl/N-ethyl adjacent to an activating group) is 1. The van der Waals surface area contributed by atoms with Crippen molar-refractivity contribution in [2.45, 2.75) is 13.2 Å². The summed E-state index contributed by atoms with van der Waals surface area (Å²) in [5, 5.41) is 2.67. The number of nitrogens with one attached hydrogen (secondary N) is 1. The molecule has 2 aromatic carbocycles. The van der Waals surface area contributed by atoms with Gasteiger partial charge in [-0.1, -0.05) is 36.4 Å². The fourth-order valence-corrected chi connectivity index (χ4v) is 2.15. The topological polar surface area (TPSA) is 41.6 Å². The van der Waals surface area contributed by atoms with Gasteiger partial charge < -0.3 is 10.1 Å². The van der Waals surface area contributed by atoms with Gasteiger partial charge in [0, 0.05) is 18.3 Å². The molecule has 0 unspecified atom stereocenters. The Morgan fingerprint density at radius 2 is 1.91 bits per heavy atom. The molecule has 0 atom stereocenters. The lowest BCUT2D eigenvalue weighted by Gasteiger charge is -2.16. The van der Waals surface area contributed by atoms with Crippen molar-refractivity contribution in [1.29, 1.82) is 0 Å². The number of carbonyl (C=O) groups excluding carboxylic acids is 1. The largest absolute Gasteiger partial charge is 0.435 e. The van der Waals surface area contributed by atoms with Gasteiger partial charge in [-0.3, -0.25) is 9.69 Å². The zero-order chi connectivity index (χ0) is 16.7. The summed E-state index contributed by atoms with van der Waals surface area (Å²) in [4.78, 5) is 13.9. The molecule has 0 saturated carbocycles. The molecule has 0 radical (unpaired) electrons. The van der Waals surface area contributed by atoms with Gasteiger partial charge in [-0.25, -0.2) is 0 Å². The number of hydrogen-bond donors (Lipinski definition) is 1. The number of amides is 1. The minimum atomic E-state index is -2.89. The quantitative estimate of drug-likeness (QED) is 0.850. The molecule has 4 nitrogen and oxygen atoms in total. The van der Waals surface area contributed by atoms with Crippen LogP contribution in [0.15, 0.2) is 54.6 Å². The Labute approximate surface area is 133 Å². The van der Waals surface area contributed by atoms with Crippen LogP contribution in [0.1, 0.15) is 5.56 Å². The molecule has 122 valence electrons. The van der Waals surface area contributed by atoms with Crippen LogP contribution >= 0.6 is 0 Å². The Morgan fingerprint density at radius 1 is 1.17 bits per heavy atom. The van der Waals surface area contributed by atoms with Gasteiger partial charge in [0.2, 0.25) is 5.91 Å². The first-order valence-electron chi connectivity index (χ1n) is 7.10. The molecule has 6 heteroatoms. The monoisotopic (exact) mass is 320 g/mol. The molecule has 2 rings (SSSR count). The van der Waals surface area contributed by atoms with Gasteiger partial charge >= 0.3 is 6.61 Å². The minimum Gasteiger partial charge on any atom is -0.435 e. The lowest BCUT2D eigenvalue weighted by Crippen LogP contribution is -2.29. The third-order valence-electron chi connectivity index (χ3n) is 3.05. The van der Waals surface area contributed by atoms with Gasteiger partial charge in [0.1, 0.15) is 5.75 Å². The molecule has 2 aromatic rings. The average Bonchev–Trinajstić information content (AvgIpc) is 2.47. The first kappa shape index (κ1) is 16.9. The van der Waals surface area contributed by atoms with E-state index in [1.807, 2.05) is 42.3 Å². The lowest BCUT2D eigenvalue weighted by molar-refractivity contribution is -0.117. The number of alkyl halides is 2. The Hall–Kier alpha value is -2.47. The van der Waals surface area contributed by atoms with Crippen molar-refractivity contribution >= 4 is 11.6 Å². The molecule has 0 heterocycles. The highest BCUT2D eigenvalue weighted by molar-refractivity contribution is 5.92. The van der Waals surface area contributed by atoms with Crippen LogP contribution in [0, 0.1) is 0 Å². The second-order valence-corrected chi connectivity index (χ2v) is 5.11. The molecule has 0 bridgehead atoms. The van der Waals surface area contributed by atoms with Crippen LogP contribution in [-0.2, 0) is 11.3 Å². The molecule has 0 saturated heterocycles. The maximum atomic E-state index is 12.2. The summed E-state index contributed by atoms with van der Waals surface area (Å²) >= 11 is 0. The summed E-state index contributed by atoms with van der Waals surface area (Å²) in [5.41, 5.74) is 1.52. The molecule has 0 fully saturated rings. The third-order valence-corrected chi connectivity index (χ3v) is 3.05. The Bertz CT molecular complexity index is 636. The molecule has 0 aliphatic carbocycles. The number of benzene rings is 2. The number of ether oxygens (including phenoxy) is 1. The van der Waals surface area contributed by atoms with Gasteiger partial charge in [-0.2, -0.15) is 8.78 Å². The second kappa shape index (κ2) is 8.24. The summed E-state index contributed by atoms with van der Waals surface area (Å²) in [6, 6.07) is 15.7. The van der Waals surface area contributed by atoms with E-state index in [0.717, 1.165) is 5.56 Å². The molecular formula is C17H18F2N2O2. The second-order valence-electron chi connectivity index (χ2n) is 5.11. The molecular weight excluding hydrogens is 302 g/mol. The van der Waals surface area contributed by atoms with Crippen LogP contribution in [0.25, 0.3) is 0 Å². The van der Waals surface area contributed by atoms with Crippen LogP contribution in [-0.4, -0.2) is 31.0 Å². The molecule has 23 heavy (non-hydrogen) atoms. The van der Waals surface area contributed by atoms with E-state index < -0.39 is 6.61 Å². The standard InChI is InChI=1S/C17H18F2N2O2/c1-21(11-13-6-3-2-4-7-13)12-16(22)20-14-8-5-9-15(10-14)23-17(18)19/h2-10,17H,11-12H2,1H3,(H,20,22). The van der Waals surface area contributed by atoms with Gasteiger partial charge in [-0.15, -0.1) is 0 Å². The van der Waals surface area contributed by atoms with E-state index in [1.165, 1.54) is 12.1 Å². The summed E-state index contributed by atoms with van der Waals surface area (Å²) < 4.78 is 28.7. The SMILES string of the molecule is CN(CC(=O)Nc1cccc(OC(F)F)c1)Cc1ccccc1. The normalized spacial score (nSPS) is 10.8. The highest BCUT2D eigenvalue weighted by atomic mass is 19.3. The Morgan fingerprint density at radius 3 is 2.61 bits per heavy atom. The van der Waals surface area contributed by atoms with Crippen LogP contribution in [0.4, 0.5) is 14.5 Å². The van der Waals surface area contributed by atoms with Gasteiger partial charge in [0.05, 0.1) is 6.54 Å². The third kappa shape index (κ3) is 6.04. The van der Waals surface area contributed by atoms with Gasteiger partial charge in [-0.05, 0) is 24.7 Å². The van der Waals surface area contributed by atoms with Crippen molar-refractivity contribution in [3.63, 3.8) is 0 Å².